The lowest BCUT2D eigenvalue weighted by Crippen LogP contribution is -2.36. The molecule has 3 heteroatoms. The number of Topliss-reactive ketones (excluding diaryl/α,β-unsaturated/α-hetero) is 1. The van der Waals surface area contributed by atoms with E-state index in [4.69, 9.17) is 0 Å². The maximum Gasteiger partial charge on any atom is 0.224 e. The summed E-state index contributed by atoms with van der Waals surface area (Å²) in [5.74, 6) is -0.0859. The van der Waals surface area contributed by atoms with Gasteiger partial charge in [0.1, 0.15) is 0 Å². The molecule has 2 aromatic rings. The molecule has 0 fully saturated rings. The molecule has 0 aromatic heterocycles. The minimum Gasteiger partial charge on any atom is -0.349 e. The fraction of sp³-hybridized carbons (Fsp3) is 0.333. The van der Waals surface area contributed by atoms with Crippen LogP contribution in [0.15, 0.2) is 42.5 Å². The zero-order chi connectivity index (χ0) is 15.5. The third-order valence-corrected chi connectivity index (χ3v) is 3.46. The number of hydrogen-bond donors (Lipinski definition) is 1. The zero-order valence-corrected chi connectivity index (χ0v) is 12.8. The summed E-state index contributed by atoms with van der Waals surface area (Å²) in [4.78, 5) is 23.7. The number of amides is 1. The Hall–Kier alpha value is -2.16. The Labute approximate surface area is 125 Å². The lowest BCUT2D eigenvalue weighted by atomic mass is 9.91. The van der Waals surface area contributed by atoms with Gasteiger partial charge in [0.15, 0.2) is 5.78 Å². The van der Waals surface area contributed by atoms with Crippen molar-refractivity contribution in [2.45, 2.75) is 27.2 Å². The molecule has 0 atom stereocenters. The molecule has 1 amide bonds. The van der Waals surface area contributed by atoms with Gasteiger partial charge in [-0.15, -0.1) is 0 Å². The van der Waals surface area contributed by atoms with Crippen LogP contribution in [-0.4, -0.2) is 18.2 Å². The highest BCUT2D eigenvalue weighted by molar-refractivity contribution is 5.90. The molecule has 0 aliphatic heterocycles. The summed E-state index contributed by atoms with van der Waals surface area (Å²) >= 11 is 0. The van der Waals surface area contributed by atoms with E-state index in [0.717, 1.165) is 16.3 Å². The van der Waals surface area contributed by atoms with Gasteiger partial charge in [-0.05, 0) is 16.3 Å². The van der Waals surface area contributed by atoms with Crippen molar-refractivity contribution >= 4 is 22.5 Å². The van der Waals surface area contributed by atoms with Gasteiger partial charge in [0, 0.05) is 5.41 Å². The van der Waals surface area contributed by atoms with Crippen molar-refractivity contribution in [1.29, 1.82) is 0 Å². The van der Waals surface area contributed by atoms with Gasteiger partial charge < -0.3 is 5.32 Å². The summed E-state index contributed by atoms with van der Waals surface area (Å²) < 4.78 is 0. The number of carbonyl (C=O) groups is 2. The number of fused-ring (bicyclic) bond motifs is 1. The van der Waals surface area contributed by atoms with Crippen LogP contribution in [-0.2, 0) is 16.0 Å². The molecule has 0 bridgehead atoms. The standard InChI is InChI=1S/C18H21NO2/c1-18(2,3)16(20)12-19-17(21)11-13-8-9-14-6-4-5-7-15(14)10-13/h4-10H,11-12H2,1-3H3,(H,19,21). The molecule has 0 saturated heterocycles. The molecule has 2 aromatic carbocycles. The smallest absolute Gasteiger partial charge is 0.224 e. The van der Waals surface area contributed by atoms with Crippen LogP contribution in [0, 0.1) is 5.41 Å². The molecular formula is C18H21NO2. The van der Waals surface area contributed by atoms with E-state index >= 15 is 0 Å². The second kappa shape index (κ2) is 6.08. The highest BCUT2D eigenvalue weighted by Crippen LogP contribution is 2.16. The van der Waals surface area contributed by atoms with Crippen molar-refractivity contribution in [3.8, 4) is 0 Å². The van der Waals surface area contributed by atoms with Crippen molar-refractivity contribution in [1.82, 2.24) is 5.32 Å². The van der Waals surface area contributed by atoms with E-state index < -0.39 is 5.41 Å². The van der Waals surface area contributed by atoms with Gasteiger partial charge in [-0.2, -0.15) is 0 Å². The second-order valence-corrected chi connectivity index (χ2v) is 6.31. The largest absolute Gasteiger partial charge is 0.349 e. The molecule has 0 aliphatic rings. The number of ketones is 1. The molecular weight excluding hydrogens is 262 g/mol. The minimum absolute atomic E-state index is 0.0364. The topological polar surface area (TPSA) is 46.2 Å². The average molecular weight is 283 g/mol. The molecule has 0 aliphatic carbocycles. The van der Waals surface area contributed by atoms with Gasteiger partial charge in [-0.1, -0.05) is 63.2 Å². The Bertz CT molecular complexity index is 668. The molecule has 0 saturated carbocycles. The SMILES string of the molecule is CC(C)(C)C(=O)CNC(=O)Cc1ccc2ccccc2c1. The highest BCUT2D eigenvalue weighted by atomic mass is 16.2. The van der Waals surface area contributed by atoms with Gasteiger partial charge in [0.05, 0.1) is 13.0 Å². The lowest BCUT2D eigenvalue weighted by molar-refractivity contribution is -0.128. The number of rotatable bonds is 4. The average Bonchev–Trinajstić information content (AvgIpc) is 2.43. The summed E-state index contributed by atoms with van der Waals surface area (Å²) in [6, 6.07) is 14.0. The first-order chi connectivity index (χ1) is 9.86. The van der Waals surface area contributed by atoms with E-state index in [9.17, 15) is 9.59 Å². The Balaban J connectivity index is 1.97. The van der Waals surface area contributed by atoms with Crippen molar-refractivity contribution in [2.24, 2.45) is 5.41 Å². The molecule has 1 N–H and O–H groups in total. The minimum atomic E-state index is -0.420. The second-order valence-electron chi connectivity index (χ2n) is 6.31. The molecule has 0 spiro atoms. The van der Waals surface area contributed by atoms with Crippen molar-refractivity contribution < 1.29 is 9.59 Å². The van der Waals surface area contributed by atoms with Crippen LogP contribution in [0.25, 0.3) is 10.8 Å². The molecule has 0 radical (unpaired) electrons. The zero-order valence-electron chi connectivity index (χ0n) is 12.8. The number of benzene rings is 2. The molecule has 2 rings (SSSR count). The van der Waals surface area contributed by atoms with Gasteiger partial charge in [0.2, 0.25) is 5.91 Å². The monoisotopic (exact) mass is 283 g/mol. The van der Waals surface area contributed by atoms with Crippen molar-refractivity contribution in [3.05, 3.63) is 48.0 Å². The van der Waals surface area contributed by atoms with Crippen LogP contribution in [0.4, 0.5) is 0 Å². The predicted molar refractivity (Wildman–Crippen MR) is 85.1 cm³/mol. The fourth-order valence-electron chi connectivity index (χ4n) is 2.04. The van der Waals surface area contributed by atoms with Gasteiger partial charge >= 0.3 is 0 Å². The van der Waals surface area contributed by atoms with E-state index in [1.54, 1.807) is 0 Å². The normalized spacial score (nSPS) is 11.4. The first kappa shape index (κ1) is 15.2. The fourth-order valence-corrected chi connectivity index (χ4v) is 2.04. The van der Waals surface area contributed by atoms with E-state index in [1.165, 1.54) is 0 Å². The third-order valence-electron chi connectivity index (χ3n) is 3.46. The highest BCUT2D eigenvalue weighted by Gasteiger charge is 2.21. The Morgan fingerprint density at radius 2 is 1.67 bits per heavy atom. The van der Waals surface area contributed by atoms with E-state index in [1.807, 2.05) is 63.2 Å². The summed E-state index contributed by atoms with van der Waals surface area (Å²) in [6.45, 7) is 5.65. The number of carbonyl (C=O) groups excluding carboxylic acids is 2. The predicted octanol–water partition coefficient (Wildman–Crippen LogP) is 3.11. The molecule has 21 heavy (non-hydrogen) atoms. The van der Waals surface area contributed by atoms with Crippen molar-refractivity contribution in [3.63, 3.8) is 0 Å². The molecule has 0 heterocycles. The maximum atomic E-state index is 11.9. The van der Waals surface area contributed by atoms with E-state index in [2.05, 4.69) is 5.32 Å². The van der Waals surface area contributed by atoms with Crippen LogP contribution >= 0.6 is 0 Å². The lowest BCUT2D eigenvalue weighted by Gasteiger charge is -2.16. The van der Waals surface area contributed by atoms with Crippen LogP contribution in [0.3, 0.4) is 0 Å². The molecule has 0 unspecified atom stereocenters. The maximum absolute atomic E-state index is 11.9. The summed E-state index contributed by atoms with van der Waals surface area (Å²) in [6.07, 6.45) is 0.294. The number of nitrogens with one attached hydrogen (secondary N) is 1. The first-order valence-electron chi connectivity index (χ1n) is 7.14. The quantitative estimate of drug-likeness (QED) is 0.937. The molecule has 110 valence electrons. The van der Waals surface area contributed by atoms with Crippen LogP contribution in [0.1, 0.15) is 26.3 Å². The van der Waals surface area contributed by atoms with E-state index in [-0.39, 0.29) is 18.2 Å². The van der Waals surface area contributed by atoms with E-state index in [0.29, 0.717) is 6.42 Å². The van der Waals surface area contributed by atoms with Gasteiger partial charge in [-0.3, -0.25) is 9.59 Å². The Morgan fingerprint density at radius 1 is 1.00 bits per heavy atom. The van der Waals surface area contributed by atoms with Crippen LogP contribution in [0.5, 0.6) is 0 Å². The third kappa shape index (κ3) is 4.15. The van der Waals surface area contributed by atoms with Gasteiger partial charge in [0.25, 0.3) is 0 Å². The summed E-state index contributed by atoms with van der Waals surface area (Å²) in [7, 11) is 0. The van der Waals surface area contributed by atoms with Crippen molar-refractivity contribution in [2.75, 3.05) is 6.54 Å². The first-order valence-corrected chi connectivity index (χ1v) is 7.14. The van der Waals surface area contributed by atoms with Crippen LogP contribution in [0.2, 0.25) is 0 Å². The van der Waals surface area contributed by atoms with Crippen LogP contribution < -0.4 is 5.32 Å². The Kier molecular flexibility index (Phi) is 4.41. The molecule has 3 nitrogen and oxygen atoms in total. The summed E-state index contributed by atoms with van der Waals surface area (Å²) in [5.41, 5.74) is 0.533. The van der Waals surface area contributed by atoms with Gasteiger partial charge in [-0.25, -0.2) is 0 Å². The number of hydrogen-bond acceptors (Lipinski definition) is 2. The Morgan fingerprint density at radius 3 is 2.33 bits per heavy atom. The summed E-state index contributed by atoms with van der Waals surface area (Å²) in [5, 5.41) is 4.97.